The smallest absolute Gasteiger partial charge is 0.416 e. The summed E-state index contributed by atoms with van der Waals surface area (Å²) in [4.78, 5) is 15.5. The zero-order valence-corrected chi connectivity index (χ0v) is 26.0. The van der Waals surface area contributed by atoms with Crippen molar-refractivity contribution in [3.05, 3.63) is 64.2 Å². The van der Waals surface area contributed by atoms with Gasteiger partial charge in [-0.2, -0.15) is 39.5 Å². The average Bonchev–Trinajstić information content (AvgIpc) is 3.22. The van der Waals surface area contributed by atoms with Crippen molar-refractivity contribution in [2.45, 2.75) is 83.7 Å². The Morgan fingerprint density at radius 1 is 1.00 bits per heavy atom. The van der Waals surface area contributed by atoms with Crippen LogP contribution in [0.15, 0.2) is 42.0 Å². The Hall–Kier alpha value is -3.58. The quantitative estimate of drug-likeness (QED) is 0.276. The molecule has 1 amide bonds. The molecule has 3 atom stereocenters. The SMILES string of the molecule is COc1ccc(N(C)C(C)C(F)(F)F)cc1C1=C(CN2C(=O)O[C@H](c3cc(C(F)(F)F)cc(C(F)(F)F)c3)[C@@H]2C)CC(C)(C)CC1. The Bertz CT molecular complexity index is 1460. The van der Waals surface area contributed by atoms with Crippen molar-refractivity contribution in [1.29, 1.82) is 0 Å². The number of hydrogen-bond acceptors (Lipinski definition) is 4. The fraction of sp³-hybridized carbons (Fsp3) is 0.531. The standard InChI is InChI=1S/C32H35F9N2O3/c1-17-27(19-11-21(31(36,37)38)13-22(12-19)32(39,40)41)46-28(44)43(17)16-20-15-29(3,4)10-9-24(20)25-14-23(7-8-26(25)45-6)42(5)18(2)30(33,34)35/h7-8,11-14,17-18,27H,9-10,15-16H2,1-6H3/t17-,18?,27-/m0/s1. The molecule has 0 radical (unpaired) electrons. The third kappa shape index (κ3) is 7.35. The van der Waals surface area contributed by atoms with Gasteiger partial charge < -0.3 is 14.4 Å². The number of allylic oxidation sites excluding steroid dienone is 1. The fourth-order valence-electron chi connectivity index (χ4n) is 5.99. The lowest BCUT2D eigenvalue weighted by Crippen LogP contribution is -2.41. The zero-order chi connectivity index (χ0) is 34.6. The van der Waals surface area contributed by atoms with Gasteiger partial charge in [0.05, 0.1) is 24.3 Å². The van der Waals surface area contributed by atoms with E-state index in [0.717, 1.165) is 23.0 Å². The molecule has 0 saturated carbocycles. The molecule has 1 aliphatic carbocycles. The van der Waals surface area contributed by atoms with Crippen LogP contribution in [0.25, 0.3) is 5.57 Å². The monoisotopic (exact) mass is 666 g/mol. The van der Waals surface area contributed by atoms with Crippen LogP contribution in [0.5, 0.6) is 5.75 Å². The Morgan fingerprint density at radius 3 is 2.11 bits per heavy atom. The van der Waals surface area contributed by atoms with Crippen LogP contribution in [-0.4, -0.2) is 50.0 Å². The van der Waals surface area contributed by atoms with Crippen LogP contribution in [0.2, 0.25) is 0 Å². The molecule has 1 fully saturated rings. The van der Waals surface area contributed by atoms with Crippen molar-refractivity contribution in [2.75, 3.05) is 25.6 Å². The first kappa shape index (κ1) is 35.3. The number of methoxy groups -OCH3 is 1. The van der Waals surface area contributed by atoms with Crippen molar-refractivity contribution in [2.24, 2.45) is 5.41 Å². The summed E-state index contributed by atoms with van der Waals surface area (Å²) in [6, 6.07) is 3.02. The van der Waals surface area contributed by atoms with Gasteiger partial charge in [-0.1, -0.05) is 13.8 Å². The molecular weight excluding hydrogens is 631 g/mol. The number of anilines is 1. The number of benzene rings is 2. The minimum absolute atomic E-state index is 0.0122. The topological polar surface area (TPSA) is 42.0 Å². The van der Waals surface area contributed by atoms with Gasteiger partial charge in [-0.15, -0.1) is 0 Å². The van der Waals surface area contributed by atoms with Gasteiger partial charge in [0, 0.05) is 24.8 Å². The number of alkyl halides is 9. The summed E-state index contributed by atoms with van der Waals surface area (Å²) in [5.41, 5.74) is -1.48. The van der Waals surface area contributed by atoms with Crippen LogP contribution in [0.1, 0.15) is 75.3 Å². The van der Waals surface area contributed by atoms with Crippen LogP contribution in [0.3, 0.4) is 0 Å². The summed E-state index contributed by atoms with van der Waals surface area (Å²) in [5, 5.41) is 0. The van der Waals surface area contributed by atoms with Gasteiger partial charge in [-0.25, -0.2) is 4.79 Å². The number of carbonyl (C=O) groups is 1. The highest BCUT2D eigenvalue weighted by Crippen LogP contribution is 2.47. The van der Waals surface area contributed by atoms with Crippen molar-refractivity contribution in [3.63, 3.8) is 0 Å². The van der Waals surface area contributed by atoms with E-state index in [1.807, 2.05) is 13.8 Å². The van der Waals surface area contributed by atoms with Crippen molar-refractivity contribution >= 4 is 17.4 Å². The second-order valence-corrected chi connectivity index (χ2v) is 12.6. The highest BCUT2D eigenvalue weighted by molar-refractivity contribution is 5.78. The summed E-state index contributed by atoms with van der Waals surface area (Å²) in [6.45, 7) is 6.46. The molecule has 1 aliphatic heterocycles. The van der Waals surface area contributed by atoms with E-state index in [1.165, 1.54) is 32.0 Å². The Labute approximate surface area is 260 Å². The number of halogens is 9. The molecule has 0 aromatic heterocycles. The lowest BCUT2D eigenvalue weighted by Gasteiger charge is -2.36. The minimum Gasteiger partial charge on any atom is -0.496 e. The molecule has 0 bridgehead atoms. The van der Waals surface area contributed by atoms with Gasteiger partial charge in [-0.3, -0.25) is 4.90 Å². The van der Waals surface area contributed by atoms with Crippen LogP contribution in [0, 0.1) is 5.41 Å². The predicted molar refractivity (Wildman–Crippen MR) is 153 cm³/mol. The zero-order valence-electron chi connectivity index (χ0n) is 26.0. The first-order valence-electron chi connectivity index (χ1n) is 14.5. The van der Waals surface area contributed by atoms with E-state index in [0.29, 0.717) is 42.7 Å². The third-order valence-electron chi connectivity index (χ3n) is 8.83. The second kappa shape index (κ2) is 12.2. The second-order valence-electron chi connectivity index (χ2n) is 12.6. The first-order valence-corrected chi connectivity index (χ1v) is 14.5. The van der Waals surface area contributed by atoms with Gasteiger partial charge in [0.25, 0.3) is 0 Å². The molecule has 14 heteroatoms. The number of amides is 1. The number of rotatable bonds is 7. The number of cyclic esters (lactones) is 1. The molecule has 5 nitrogen and oxygen atoms in total. The van der Waals surface area contributed by atoms with Crippen LogP contribution in [0.4, 0.5) is 50.0 Å². The molecule has 0 spiro atoms. The molecule has 1 unspecified atom stereocenters. The number of hydrogen-bond donors (Lipinski definition) is 0. The summed E-state index contributed by atoms with van der Waals surface area (Å²) in [7, 11) is 2.74. The van der Waals surface area contributed by atoms with E-state index in [-0.39, 0.29) is 23.7 Å². The van der Waals surface area contributed by atoms with Crippen LogP contribution >= 0.6 is 0 Å². The molecule has 2 aliphatic rings. The minimum atomic E-state index is -5.07. The van der Waals surface area contributed by atoms with Gasteiger partial charge in [-0.05, 0) is 91.6 Å². The molecule has 1 heterocycles. The van der Waals surface area contributed by atoms with E-state index in [9.17, 15) is 44.3 Å². The predicted octanol–water partition coefficient (Wildman–Crippen LogP) is 9.67. The fourth-order valence-corrected chi connectivity index (χ4v) is 5.99. The maximum Gasteiger partial charge on any atom is 0.416 e. The largest absolute Gasteiger partial charge is 0.496 e. The van der Waals surface area contributed by atoms with Gasteiger partial charge in [0.1, 0.15) is 17.9 Å². The number of ether oxygens (including phenoxy) is 2. The Balaban J connectivity index is 1.75. The van der Waals surface area contributed by atoms with E-state index in [1.54, 1.807) is 12.1 Å². The van der Waals surface area contributed by atoms with E-state index < -0.39 is 59.5 Å². The highest BCUT2D eigenvalue weighted by atomic mass is 19.4. The van der Waals surface area contributed by atoms with Crippen molar-refractivity contribution < 1.29 is 53.8 Å². The van der Waals surface area contributed by atoms with Crippen LogP contribution in [-0.2, 0) is 17.1 Å². The van der Waals surface area contributed by atoms with E-state index in [2.05, 4.69) is 0 Å². The molecule has 46 heavy (non-hydrogen) atoms. The molecule has 2 aromatic carbocycles. The molecule has 2 aromatic rings. The maximum absolute atomic E-state index is 13.5. The number of carbonyl (C=O) groups excluding carboxylic acids is 1. The molecule has 0 N–H and O–H groups in total. The average molecular weight is 667 g/mol. The number of nitrogens with zero attached hydrogens (tertiary/aromatic N) is 2. The Kier molecular flexibility index (Phi) is 9.37. The molecule has 4 rings (SSSR count). The van der Waals surface area contributed by atoms with Crippen molar-refractivity contribution in [1.82, 2.24) is 4.90 Å². The normalized spacial score (nSPS) is 21.4. The van der Waals surface area contributed by atoms with E-state index in [4.69, 9.17) is 9.47 Å². The van der Waals surface area contributed by atoms with Crippen molar-refractivity contribution in [3.8, 4) is 5.75 Å². The Morgan fingerprint density at radius 2 is 1.59 bits per heavy atom. The summed E-state index contributed by atoms with van der Waals surface area (Å²) < 4.78 is 133. The highest BCUT2D eigenvalue weighted by Gasteiger charge is 2.44. The summed E-state index contributed by atoms with van der Waals surface area (Å²) >= 11 is 0. The summed E-state index contributed by atoms with van der Waals surface area (Å²) in [5.74, 6) is 0.391. The summed E-state index contributed by atoms with van der Waals surface area (Å²) in [6.07, 6.45) is -15.4. The lowest BCUT2D eigenvalue weighted by atomic mass is 9.72. The third-order valence-corrected chi connectivity index (χ3v) is 8.83. The van der Waals surface area contributed by atoms with Crippen LogP contribution < -0.4 is 9.64 Å². The van der Waals surface area contributed by atoms with E-state index >= 15 is 0 Å². The molecular formula is C32H35F9N2O3. The maximum atomic E-state index is 13.5. The van der Waals surface area contributed by atoms with Gasteiger partial charge in [0.2, 0.25) is 0 Å². The lowest BCUT2D eigenvalue weighted by molar-refractivity contribution is -0.144. The van der Waals surface area contributed by atoms with Gasteiger partial charge in [0.15, 0.2) is 0 Å². The molecule has 1 saturated heterocycles. The first-order chi connectivity index (χ1) is 21.0. The van der Waals surface area contributed by atoms with Gasteiger partial charge >= 0.3 is 24.6 Å². The molecule has 254 valence electrons.